The summed E-state index contributed by atoms with van der Waals surface area (Å²) >= 11 is 0. The molecule has 0 aliphatic carbocycles. The van der Waals surface area contributed by atoms with Crippen LogP contribution in [-0.4, -0.2) is 37.2 Å². The molecule has 0 spiro atoms. The largest absolute Gasteiger partial charge is 0.462 e. The van der Waals surface area contributed by atoms with E-state index in [2.05, 4.69) is 130 Å². The Kier molecular flexibility index (Phi) is 45.1. The van der Waals surface area contributed by atoms with Crippen molar-refractivity contribution in [3.05, 3.63) is 122 Å². The summed E-state index contributed by atoms with van der Waals surface area (Å²) in [6, 6.07) is 0. The van der Waals surface area contributed by atoms with Crippen molar-refractivity contribution in [1.29, 1.82) is 0 Å². The molecule has 0 bridgehead atoms. The molecule has 0 aromatic carbocycles. The fraction of sp³-hybridized carbons (Fsp3) is 0.582. The Balaban J connectivity index is 4.62. The number of carbonyl (C=O) groups is 3. The number of hydrogen-bond acceptors (Lipinski definition) is 6. The van der Waals surface area contributed by atoms with Crippen LogP contribution in [0.5, 0.6) is 0 Å². The third-order valence-corrected chi connectivity index (χ3v) is 9.49. The van der Waals surface area contributed by atoms with Crippen molar-refractivity contribution in [2.45, 2.75) is 194 Å². The molecule has 342 valence electrons. The molecule has 0 radical (unpaired) electrons. The number of ether oxygens (including phenoxy) is 3. The summed E-state index contributed by atoms with van der Waals surface area (Å²) in [6.07, 6.45) is 66.4. The number of carbonyl (C=O) groups excluding carboxylic acids is 3. The fourth-order valence-electron chi connectivity index (χ4n) is 5.96. The molecule has 0 rings (SSSR count). The van der Waals surface area contributed by atoms with Gasteiger partial charge in [-0.3, -0.25) is 14.4 Å². The fourth-order valence-corrected chi connectivity index (χ4v) is 5.96. The van der Waals surface area contributed by atoms with E-state index in [0.29, 0.717) is 19.3 Å². The minimum atomic E-state index is -0.855. The van der Waals surface area contributed by atoms with Crippen LogP contribution in [0.4, 0.5) is 0 Å². The second-order valence-electron chi connectivity index (χ2n) is 15.3. The van der Waals surface area contributed by atoms with E-state index in [-0.39, 0.29) is 38.0 Å². The Morgan fingerprint density at radius 2 is 0.689 bits per heavy atom. The minimum Gasteiger partial charge on any atom is -0.462 e. The Hall–Kier alpha value is -4.19. The third kappa shape index (κ3) is 46.7. The molecule has 0 aliphatic heterocycles. The third-order valence-electron chi connectivity index (χ3n) is 9.49. The molecule has 0 aromatic rings. The quantitative estimate of drug-likeness (QED) is 0.0264. The first-order valence-electron chi connectivity index (χ1n) is 24.0. The highest BCUT2D eigenvalue weighted by atomic mass is 16.6. The van der Waals surface area contributed by atoms with Gasteiger partial charge in [0.2, 0.25) is 0 Å². The lowest BCUT2D eigenvalue weighted by Gasteiger charge is -2.18. The van der Waals surface area contributed by atoms with Crippen molar-refractivity contribution < 1.29 is 28.6 Å². The van der Waals surface area contributed by atoms with Crippen LogP contribution in [0.3, 0.4) is 0 Å². The predicted molar refractivity (Wildman–Crippen MR) is 260 cm³/mol. The molecule has 1 atom stereocenters. The highest BCUT2D eigenvalue weighted by molar-refractivity contribution is 5.72. The van der Waals surface area contributed by atoms with E-state index in [1.807, 2.05) is 6.08 Å². The van der Waals surface area contributed by atoms with Gasteiger partial charge in [0.15, 0.2) is 6.10 Å². The van der Waals surface area contributed by atoms with Gasteiger partial charge in [-0.1, -0.05) is 206 Å². The summed E-state index contributed by atoms with van der Waals surface area (Å²) in [5.41, 5.74) is 0. The molecule has 6 heteroatoms. The van der Waals surface area contributed by atoms with Gasteiger partial charge in [0.25, 0.3) is 0 Å². The zero-order chi connectivity index (χ0) is 44.4. The van der Waals surface area contributed by atoms with Crippen LogP contribution < -0.4 is 0 Å². The van der Waals surface area contributed by atoms with Gasteiger partial charge in [0.05, 0.1) is 6.42 Å². The predicted octanol–water partition coefficient (Wildman–Crippen LogP) is 15.7. The second-order valence-corrected chi connectivity index (χ2v) is 15.3. The molecule has 0 saturated heterocycles. The number of allylic oxidation sites excluding steroid dienone is 19. The first-order valence-corrected chi connectivity index (χ1v) is 24.0. The number of esters is 3. The van der Waals surface area contributed by atoms with Gasteiger partial charge in [-0.25, -0.2) is 0 Å². The molecule has 6 nitrogen and oxygen atoms in total. The summed E-state index contributed by atoms with van der Waals surface area (Å²) < 4.78 is 16.6. The van der Waals surface area contributed by atoms with Crippen LogP contribution in [0.15, 0.2) is 122 Å². The molecule has 0 N–H and O–H groups in total. The van der Waals surface area contributed by atoms with Crippen molar-refractivity contribution in [1.82, 2.24) is 0 Å². The molecular formula is C55H86O6. The van der Waals surface area contributed by atoms with Crippen LogP contribution >= 0.6 is 0 Å². The smallest absolute Gasteiger partial charge is 0.310 e. The molecule has 0 aromatic heterocycles. The van der Waals surface area contributed by atoms with Crippen molar-refractivity contribution in [2.24, 2.45) is 0 Å². The number of unbranched alkanes of at least 4 members (excludes halogenated alkanes) is 11. The Morgan fingerprint density at radius 3 is 1.08 bits per heavy atom. The molecule has 0 amide bonds. The molecule has 0 aliphatic rings. The van der Waals surface area contributed by atoms with Crippen LogP contribution in [-0.2, 0) is 28.6 Å². The van der Waals surface area contributed by atoms with E-state index in [1.54, 1.807) is 6.08 Å². The van der Waals surface area contributed by atoms with Gasteiger partial charge in [0, 0.05) is 12.8 Å². The zero-order valence-corrected chi connectivity index (χ0v) is 38.9. The van der Waals surface area contributed by atoms with Crippen LogP contribution in [0.25, 0.3) is 0 Å². The Morgan fingerprint density at radius 1 is 0.361 bits per heavy atom. The average molecular weight is 843 g/mol. The maximum absolute atomic E-state index is 12.7. The summed E-state index contributed by atoms with van der Waals surface area (Å²) in [6.45, 7) is 6.24. The molecule has 61 heavy (non-hydrogen) atoms. The highest BCUT2D eigenvalue weighted by Crippen LogP contribution is 2.13. The van der Waals surface area contributed by atoms with Gasteiger partial charge in [-0.05, 0) is 83.5 Å². The zero-order valence-electron chi connectivity index (χ0n) is 38.9. The van der Waals surface area contributed by atoms with Gasteiger partial charge < -0.3 is 14.2 Å². The van der Waals surface area contributed by atoms with Crippen molar-refractivity contribution >= 4 is 17.9 Å². The molecule has 0 heterocycles. The second kappa shape index (κ2) is 48.5. The number of hydrogen-bond donors (Lipinski definition) is 0. The van der Waals surface area contributed by atoms with E-state index in [4.69, 9.17) is 14.2 Å². The molecule has 0 fully saturated rings. The lowest BCUT2D eigenvalue weighted by molar-refractivity contribution is -0.166. The maximum atomic E-state index is 12.7. The highest BCUT2D eigenvalue weighted by Gasteiger charge is 2.19. The SMILES string of the molecule is CC/C=C\C/C=C\C/C=C\C/C=C\C/C=C\CCCC(=O)OCC(COC(=O)CCCCCCCCCCCCC)OC(=O)C/C=C\C/C=C\C/C=C\C/C=C\C/C=C\CC. The van der Waals surface area contributed by atoms with E-state index in [0.717, 1.165) is 83.5 Å². The van der Waals surface area contributed by atoms with Gasteiger partial charge >= 0.3 is 17.9 Å². The molecular weight excluding hydrogens is 757 g/mol. The topological polar surface area (TPSA) is 78.9 Å². The van der Waals surface area contributed by atoms with E-state index >= 15 is 0 Å². The van der Waals surface area contributed by atoms with Crippen LogP contribution in [0, 0.1) is 0 Å². The van der Waals surface area contributed by atoms with E-state index in [1.165, 1.54) is 51.4 Å². The van der Waals surface area contributed by atoms with E-state index < -0.39 is 12.1 Å². The monoisotopic (exact) mass is 843 g/mol. The molecule has 1 unspecified atom stereocenters. The average Bonchev–Trinajstić information content (AvgIpc) is 3.26. The van der Waals surface area contributed by atoms with Gasteiger partial charge in [-0.2, -0.15) is 0 Å². The van der Waals surface area contributed by atoms with Crippen LogP contribution in [0.2, 0.25) is 0 Å². The summed E-state index contributed by atoms with van der Waals surface area (Å²) in [5, 5.41) is 0. The first-order chi connectivity index (χ1) is 30.0. The van der Waals surface area contributed by atoms with Crippen molar-refractivity contribution in [2.75, 3.05) is 13.2 Å². The van der Waals surface area contributed by atoms with E-state index in [9.17, 15) is 14.4 Å². The van der Waals surface area contributed by atoms with Gasteiger partial charge in [-0.15, -0.1) is 0 Å². The standard InChI is InChI=1S/C55H86O6/c1-4-7-10-13-16-19-22-24-26-27-29-30-33-36-39-42-45-48-54(57)60-51-52(50-59-53(56)47-44-41-38-35-32-21-18-15-12-9-6-3)61-55(58)49-46-43-40-37-34-31-28-25-23-20-17-14-11-8-5-2/h7-8,10-11,16-17,19-20,24-26,28-30,34,36-37,39,43,46,52H,4-6,9,12-15,18,21-23,27,31-33,35,38,40-42,44-45,47-51H2,1-3H3/b10-7-,11-8-,19-16-,20-17-,26-24-,28-25-,30-29-,37-34-,39-36-,46-43-. The van der Waals surface area contributed by atoms with Crippen molar-refractivity contribution in [3.63, 3.8) is 0 Å². The van der Waals surface area contributed by atoms with Crippen molar-refractivity contribution in [3.8, 4) is 0 Å². The molecule has 0 saturated carbocycles. The summed E-state index contributed by atoms with van der Waals surface area (Å²) in [5.74, 6) is -1.14. The normalized spacial score (nSPS) is 13.2. The summed E-state index contributed by atoms with van der Waals surface area (Å²) in [7, 11) is 0. The van der Waals surface area contributed by atoms with Gasteiger partial charge in [0.1, 0.15) is 13.2 Å². The minimum absolute atomic E-state index is 0.0813. The first kappa shape index (κ1) is 56.8. The Labute approximate surface area is 373 Å². The number of rotatable bonds is 41. The lowest BCUT2D eigenvalue weighted by Crippen LogP contribution is -2.30. The summed E-state index contributed by atoms with van der Waals surface area (Å²) in [4.78, 5) is 37.8. The lowest BCUT2D eigenvalue weighted by atomic mass is 10.1. The maximum Gasteiger partial charge on any atom is 0.310 e. The van der Waals surface area contributed by atoms with Crippen LogP contribution in [0.1, 0.15) is 188 Å². The Bertz CT molecular complexity index is 1340.